The summed E-state index contributed by atoms with van der Waals surface area (Å²) in [6, 6.07) is 76.5. The maximum atomic E-state index is 15.0. The summed E-state index contributed by atoms with van der Waals surface area (Å²) in [6.07, 6.45) is -25.6. The number of rotatable bonds is 25. The molecule has 0 aliphatic carbocycles. The molecule has 21 nitrogen and oxygen atoms in total. The lowest BCUT2D eigenvalue weighted by molar-refractivity contribution is -0.389. The van der Waals surface area contributed by atoms with Gasteiger partial charge in [0.05, 0.1) is 58.8 Å². The van der Waals surface area contributed by atoms with Crippen LogP contribution in [0.15, 0.2) is 273 Å². The van der Waals surface area contributed by atoms with E-state index in [0.717, 1.165) is 10.4 Å². The molecule has 9 aromatic rings. The zero-order valence-corrected chi connectivity index (χ0v) is 60.6. The Labute approximate surface area is 620 Å². The quantitative estimate of drug-likeness (QED) is 0.0293. The summed E-state index contributed by atoms with van der Waals surface area (Å²) in [5.41, 5.74) is 1.08. The SMILES string of the molecule is CC(=O)O[C@H]1[C@H](O[C@@H]2O[C@@H](C)[C@H](OC(=O)c3ccccc3)[C@@H](OC(=O)c3ccccc3)[C@H]2OC(=O)c2ccccc2)[C@@H](O[C@@H]2O[C@@H](C)[C@H](OC(=O)c3ccccc3)[C@@H](OC(=O)c3ccccc3)[C@H]2OC(=O)c2ccccc2)[C@H](OCc2ccccc2)O[C@@H]1CO[Si](c1ccccc1)(c1ccccc1)C(C)(C)C. The lowest BCUT2D eigenvalue weighted by Gasteiger charge is -2.51. The zero-order valence-electron chi connectivity index (χ0n) is 59.6. The van der Waals surface area contributed by atoms with Gasteiger partial charge in [0.25, 0.3) is 8.32 Å². The van der Waals surface area contributed by atoms with E-state index in [1.54, 1.807) is 109 Å². The Hall–Kier alpha value is -10.8. The molecular formula is C85H82O21Si. The van der Waals surface area contributed by atoms with Crippen LogP contribution in [0.4, 0.5) is 0 Å². The molecule has 0 bridgehead atoms. The van der Waals surface area contributed by atoms with Crippen molar-refractivity contribution in [1.29, 1.82) is 0 Å². The van der Waals surface area contributed by atoms with Gasteiger partial charge >= 0.3 is 41.8 Å². The molecule has 12 rings (SSSR count). The molecule has 0 saturated carbocycles. The minimum atomic E-state index is -3.58. The average molecular weight is 1470 g/mol. The number of ether oxygens (including phenoxy) is 13. The van der Waals surface area contributed by atoms with Crippen LogP contribution in [-0.2, 0) is 77.4 Å². The summed E-state index contributed by atoms with van der Waals surface area (Å²) in [7, 11) is -3.58. The predicted octanol–water partition coefficient (Wildman–Crippen LogP) is 12.0. The highest BCUT2D eigenvalue weighted by Crippen LogP contribution is 2.42. The number of hydrogen-bond donors (Lipinski definition) is 0. The Bertz CT molecular complexity index is 4370. The third-order valence-electron chi connectivity index (χ3n) is 18.6. The normalized spacial score (nSPS) is 24.3. The van der Waals surface area contributed by atoms with Gasteiger partial charge in [-0.3, -0.25) is 4.79 Å². The van der Waals surface area contributed by atoms with Gasteiger partial charge in [0.1, 0.15) is 18.3 Å². The monoisotopic (exact) mass is 1470 g/mol. The van der Waals surface area contributed by atoms with Crippen molar-refractivity contribution in [2.45, 2.75) is 145 Å². The second-order valence-electron chi connectivity index (χ2n) is 26.9. The van der Waals surface area contributed by atoms with Crippen LogP contribution in [0, 0.1) is 0 Å². The maximum Gasteiger partial charge on any atom is 0.338 e. The van der Waals surface area contributed by atoms with Gasteiger partial charge < -0.3 is 66.0 Å². The Morgan fingerprint density at radius 2 is 0.617 bits per heavy atom. The Morgan fingerprint density at radius 1 is 0.327 bits per heavy atom. The fraction of sp³-hybridized carbons (Fsp3) is 0.282. The van der Waals surface area contributed by atoms with Gasteiger partial charge in [-0.15, -0.1) is 0 Å². The fourth-order valence-corrected chi connectivity index (χ4v) is 18.0. The number of benzene rings is 9. The fourth-order valence-electron chi connectivity index (χ4n) is 13.4. The van der Waals surface area contributed by atoms with Gasteiger partial charge in [-0.25, -0.2) is 28.8 Å². The molecule has 0 amide bonds. The summed E-state index contributed by atoms with van der Waals surface area (Å²) < 4.78 is 95.8. The lowest BCUT2D eigenvalue weighted by atomic mass is 9.95. The Balaban J connectivity index is 1.05. The highest BCUT2D eigenvalue weighted by atomic mass is 28.4. The third-order valence-corrected chi connectivity index (χ3v) is 23.6. The first-order valence-electron chi connectivity index (χ1n) is 35.2. The molecule has 15 atom stereocenters. The highest BCUT2D eigenvalue weighted by molar-refractivity contribution is 6.99. The first-order chi connectivity index (χ1) is 51.8. The van der Waals surface area contributed by atoms with E-state index in [1.165, 1.54) is 93.6 Å². The highest BCUT2D eigenvalue weighted by Gasteiger charge is 2.61. The Kier molecular flexibility index (Phi) is 24.9. The lowest BCUT2D eigenvalue weighted by Crippen LogP contribution is -2.70. The molecule has 0 radical (unpaired) electrons. The minimum Gasteiger partial charge on any atom is -0.457 e. The summed E-state index contributed by atoms with van der Waals surface area (Å²) in [4.78, 5) is 103. The van der Waals surface area contributed by atoms with E-state index >= 15 is 4.79 Å². The molecule has 552 valence electrons. The molecule has 3 fully saturated rings. The van der Waals surface area contributed by atoms with Crippen LogP contribution in [0.25, 0.3) is 0 Å². The summed E-state index contributed by atoms with van der Waals surface area (Å²) in [6.45, 7) is 9.92. The molecule has 3 aliphatic rings. The van der Waals surface area contributed by atoms with E-state index in [0.29, 0.717) is 5.56 Å². The van der Waals surface area contributed by atoms with Crippen molar-refractivity contribution in [2.75, 3.05) is 6.61 Å². The van der Waals surface area contributed by atoms with Crippen molar-refractivity contribution in [1.82, 2.24) is 0 Å². The summed E-state index contributed by atoms with van der Waals surface area (Å²) in [5, 5.41) is 1.12. The number of carbonyl (C=O) groups excluding carboxylic acids is 7. The maximum absolute atomic E-state index is 15.0. The molecule has 0 aromatic heterocycles. The van der Waals surface area contributed by atoms with Crippen molar-refractivity contribution in [2.24, 2.45) is 0 Å². The van der Waals surface area contributed by atoms with E-state index < -0.39 is 147 Å². The van der Waals surface area contributed by atoms with Gasteiger partial charge in [-0.2, -0.15) is 0 Å². The molecule has 0 spiro atoms. The zero-order chi connectivity index (χ0) is 75.0. The van der Waals surface area contributed by atoms with E-state index in [1.807, 2.05) is 91.0 Å². The smallest absolute Gasteiger partial charge is 0.338 e. The van der Waals surface area contributed by atoms with Gasteiger partial charge in [-0.1, -0.05) is 221 Å². The third kappa shape index (κ3) is 18.2. The molecule has 9 aromatic carbocycles. The molecule has 3 aliphatic heterocycles. The van der Waals surface area contributed by atoms with Gasteiger partial charge in [0.2, 0.25) is 0 Å². The standard InChI is InChI=1S/C85H82O21Si/c1-54-67(99-76(87)58-36-18-8-19-37-58)70(101-78(89)60-40-22-10-23-41-60)74(103-80(91)62-44-26-12-27-45-62)83(95-54)105-72-69(97-56(3)86)66(53-94-107(85(4,5)6,64-48-30-14-31-49-64)65-50-32-15-33-51-65)98-82(93-52-57-34-16-7-17-35-57)73(72)106-84-75(104-81(92)63-46-28-13-29-47-63)71(102-79(90)61-42-24-11-25-43-61)68(55(2)96-84)100-77(88)59-38-20-9-21-39-59/h7-51,54-55,66-75,82-84H,52-53H2,1-6H3/t54-,55-,66+,67-,68-,69+,70+,71+,72-,73+,74+,75+,82+,83-,84-/m0/s1. The van der Waals surface area contributed by atoms with Crippen LogP contribution in [0.5, 0.6) is 0 Å². The molecule has 0 N–H and O–H groups in total. The summed E-state index contributed by atoms with van der Waals surface area (Å²) in [5.74, 6) is -6.38. The second kappa shape index (κ2) is 35.1. The number of esters is 7. The van der Waals surface area contributed by atoms with E-state index in [4.69, 9.17) is 66.0 Å². The largest absolute Gasteiger partial charge is 0.457 e. The van der Waals surface area contributed by atoms with Crippen molar-refractivity contribution in [3.8, 4) is 0 Å². The van der Waals surface area contributed by atoms with Gasteiger partial charge in [0, 0.05) is 6.92 Å². The minimum absolute atomic E-state index is 0.0331. The Morgan fingerprint density at radius 3 is 0.935 bits per heavy atom. The van der Waals surface area contributed by atoms with Crippen molar-refractivity contribution in [3.63, 3.8) is 0 Å². The van der Waals surface area contributed by atoms with Crippen LogP contribution in [0.3, 0.4) is 0 Å². The molecular weight excluding hydrogens is 1380 g/mol. The molecule has 3 heterocycles. The molecule has 107 heavy (non-hydrogen) atoms. The van der Waals surface area contributed by atoms with Crippen LogP contribution in [0.2, 0.25) is 5.04 Å². The second-order valence-corrected chi connectivity index (χ2v) is 31.2. The van der Waals surface area contributed by atoms with E-state index in [-0.39, 0.29) is 46.6 Å². The van der Waals surface area contributed by atoms with E-state index in [2.05, 4.69) is 20.8 Å². The number of hydrogen-bond acceptors (Lipinski definition) is 21. The predicted molar refractivity (Wildman–Crippen MR) is 391 cm³/mol. The average Bonchev–Trinajstić information content (AvgIpc) is 0.748. The van der Waals surface area contributed by atoms with Crippen LogP contribution in [0.1, 0.15) is 109 Å². The first kappa shape index (κ1) is 75.9. The van der Waals surface area contributed by atoms with Crippen LogP contribution in [-0.4, -0.2) is 149 Å². The van der Waals surface area contributed by atoms with Gasteiger partial charge in [0.15, 0.2) is 61.6 Å². The van der Waals surface area contributed by atoms with Crippen LogP contribution >= 0.6 is 0 Å². The molecule has 22 heteroatoms. The topological polar surface area (TPSA) is 249 Å². The van der Waals surface area contributed by atoms with Crippen molar-refractivity contribution in [3.05, 3.63) is 312 Å². The van der Waals surface area contributed by atoms with E-state index in [9.17, 15) is 28.8 Å². The van der Waals surface area contributed by atoms with Gasteiger partial charge in [-0.05, 0) is 108 Å². The number of carbonyl (C=O) groups is 7. The first-order valence-corrected chi connectivity index (χ1v) is 37.2. The summed E-state index contributed by atoms with van der Waals surface area (Å²) >= 11 is 0. The van der Waals surface area contributed by atoms with Crippen molar-refractivity contribution >= 4 is 60.5 Å². The molecule has 0 unspecified atom stereocenters. The molecule has 3 saturated heterocycles. The van der Waals surface area contributed by atoms with Crippen molar-refractivity contribution < 1.29 is 99.6 Å². The van der Waals surface area contributed by atoms with Crippen LogP contribution < -0.4 is 10.4 Å².